The van der Waals surface area contributed by atoms with Crippen LogP contribution in [0.5, 0.6) is 0 Å². The van der Waals surface area contributed by atoms with E-state index in [4.69, 9.17) is 11.6 Å². The summed E-state index contributed by atoms with van der Waals surface area (Å²) in [6, 6.07) is 18.0. The van der Waals surface area contributed by atoms with Gasteiger partial charge in [0.2, 0.25) is 0 Å². The highest BCUT2D eigenvalue weighted by molar-refractivity contribution is 6.30. The summed E-state index contributed by atoms with van der Waals surface area (Å²) in [4.78, 5) is 17.6. The van der Waals surface area contributed by atoms with E-state index in [9.17, 15) is 4.79 Å². The fraction of sp³-hybridized carbons (Fsp3) is 0.381. The molecule has 0 unspecified atom stereocenters. The standard InChI is InChI=1S/C21H26ClN3O/c1-17(21(26)23(2)20-6-4-3-5-7-20)25-14-12-24(13-15-25)16-18-8-10-19(22)11-9-18/h3-11,17H,12-16H2,1-2H3/p+2/t17-/m0/s1. The number of anilines is 1. The number of piperazine rings is 1. The van der Waals surface area contributed by atoms with Crippen LogP contribution >= 0.6 is 11.6 Å². The number of rotatable bonds is 5. The number of nitrogens with one attached hydrogen (secondary N) is 2. The van der Waals surface area contributed by atoms with Gasteiger partial charge in [0.25, 0.3) is 5.91 Å². The number of nitrogens with zero attached hydrogens (tertiary/aromatic N) is 1. The first kappa shape index (κ1) is 18.9. The van der Waals surface area contributed by atoms with Gasteiger partial charge in [0, 0.05) is 23.3 Å². The molecule has 0 aliphatic carbocycles. The van der Waals surface area contributed by atoms with Crippen LogP contribution in [-0.2, 0) is 11.3 Å². The number of quaternary nitrogens is 2. The number of carbonyl (C=O) groups is 1. The van der Waals surface area contributed by atoms with E-state index in [1.807, 2.05) is 49.5 Å². The lowest BCUT2D eigenvalue weighted by Crippen LogP contribution is -3.29. The second-order valence-electron chi connectivity index (χ2n) is 7.17. The molecule has 1 heterocycles. The summed E-state index contributed by atoms with van der Waals surface area (Å²) in [6.45, 7) is 7.31. The molecule has 3 rings (SSSR count). The zero-order valence-corrected chi connectivity index (χ0v) is 16.3. The zero-order chi connectivity index (χ0) is 18.5. The first-order valence-corrected chi connectivity index (χ1v) is 9.67. The van der Waals surface area contributed by atoms with E-state index < -0.39 is 0 Å². The van der Waals surface area contributed by atoms with Gasteiger partial charge in [-0.05, 0) is 31.2 Å². The van der Waals surface area contributed by atoms with Gasteiger partial charge < -0.3 is 14.7 Å². The quantitative estimate of drug-likeness (QED) is 0.792. The third kappa shape index (κ3) is 4.64. The van der Waals surface area contributed by atoms with E-state index in [1.54, 1.807) is 9.80 Å². The molecule has 0 aromatic heterocycles. The Hall–Kier alpha value is -1.88. The van der Waals surface area contributed by atoms with Gasteiger partial charge in [-0.2, -0.15) is 0 Å². The molecule has 2 aromatic carbocycles. The smallest absolute Gasteiger partial charge is 0.284 e. The monoisotopic (exact) mass is 373 g/mol. The van der Waals surface area contributed by atoms with Crippen LogP contribution in [0.15, 0.2) is 54.6 Å². The summed E-state index contributed by atoms with van der Waals surface area (Å²) in [7, 11) is 1.87. The maximum atomic E-state index is 12.8. The Morgan fingerprint density at radius 3 is 2.27 bits per heavy atom. The van der Waals surface area contributed by atoms with Gasteiger partial charge >= 0.3 is 0 Å². The van der Waals surface area contributed by atoms with E-state index >= 15 is 0 Å². The van der Waals surface area contributed by atoms with Crippen molar-refractivity contribution < 1.29 is 14.6 Å². The molecule has 0 saturated carbocycles. The van der Waals surface area contributed by atoms with Crippen LogP contribution in [0.4, 0.5) is 5.69 Å². The largest absolute Gasteiger partial charge is 0.322 e. The van der Waals surface area contributed by atoms with Crippen LogP contribution in [-0.4, -0.2) is 45.2 Å². The molecule has 0 spiro atoms. The van der Waals surface area contributed by atoms with E-state index in [0.717, 1.165) is 43.4 Å². The molecule has 5 heteroatoms. The topological polar surface area (TPSA) is 29.2 Å². The number of carbonyl (C=O) groups excluding carboxylic acids is 1. The molecule has 0 radical (unpaired) electrons. The predicted molar refractivity (Wildman–Crippen MR) is 106 cm³/mol. The Kier molecular flexibility index (Phi) is 6.30. The molecule has 1 atom stereocenters. The van der Waals surface area contributed by atoms with Gasteiger partial charge in [-0.15, -0.1) is 0 Å². The Bertz CT molecular complexity index is 712. The van der Waals surface area contributed by atoms with Crippen molar-refractivity contribution in [2.75, 3.05) is 38.1 Å². The van der Waals surface area contributed by atoms with Crippen molar-refractivity contribution in [1.29, 1.82) is 0 Å². The van der Waals surface area contributed by atoms with E-state index in [0.29, 0.717) is 0 Å². The van der Waals surface area contributed by atoms with Crippen LogP contribution in [0.25, 0.3) is 0 Å². The van der Waals surface area contributed by atoms with Crippen molar-refractivity contribution in [3.05, 3.63) is 65.2 Å². The van der Waals surface area contributed by atoms with Crippen molar-refractivity contribution in [2.45, 2.75) is 19.5 Å². The lowest BCUT2D eigenvalue weighted by molar-refractivity contribution is -1.02. The molecule has 1 aliphatic heterocycles. The van der Waals surface area contributed by atoms with Gasteiger partial charge in [0.1, 0.15) is 32.7 Å². The number of likely N-dealkylation sites (N-methyl/N-ethyl adjacent to an activating group) is 1. The van der Waals surface area contributed by atoms with Crippen molar-refractivity contribution >= 4 is 23.2 Å². The summed E-state index contributed by atoms with van der Waals surface area (Å²) in [5.41, 5.74) is 2.27. The lowest BCUT2D eigenvalue weighted by atomic mass is 10.1. The van der Waals surface area contributed by atoms with Crippen LogP contribution in [0.3, 0.4) is 0 Å². The molecule has 1 saturated heterocycles. The third-order valence-electron chi connectivity index (χ3n) is 5.42. The lowest BCUT2D eigenvalue weighted by Gasteiger charge is -2.34. The molecule has 4 nitrogen and oxygen atoms in total. The van der Waals surface area contributed by atoms with Gasteiger partial charge in [0.15, 0.2) is 6.04 Å². The highest BCUT2D eigenvalue weighted by Gasteiger charge is 2.32. The third-order valence-corrected chi connectivity index (χ3v) is 5.68. The SMILES string of the molecule is C[C@@H](C(=O)N(C)c1ccccc1)[NH+]1CC[NH+](Cc2ccc(Cl)cc2)CC1. The summed E-state index contributed by atoms with van der Waals surface area (Å²) >= 11 is 5.96. The fourth-order valence-corrected chi connectivity index (χ4v) is 3.80. The number of hydrogen-bond acceptors (Lipinski definition) is 1. The highest BCUT2D eigenvalue weighted by atomic mass is 35.5. The second-order valence-corrected chi connectivity index (χ2v) is 7.60. The molecule has 2 N–H and O–H groups in total. The van der Waals surface area contributed by atoms with Crippen LogP contribution < -0.4 is 14.7 Å². The molecule has 138 valence electrons. The molecule has 2 aromatic rings. The Labute approximate surface area is 161 Å². The first-order chi connectivity index (χ1) is 12.5. The summed E-state index contributed by atoms with van der Waals surface area (Å²) in [6.07, 6.45) is 0. The van der Waals surface area contributed by atoms with Crippen molar-refractivity contribution in [3.8, 4) is 0 Å². The Balaban J connectivity index is 1.52. The van der Waals surface area contributed by atoms with E-state index in [2.05, 4.69) is 19.1 Å². The van der Waals surface area contributed by atoms with Crippen molar-refractivity contribution in [2.24, 2.45) is 0 Å². The summed E-state index contributed by atoms with van der Waals surface area (Å²) < 4.78 is 0. The second kappa shape index (κ2) is 8.67. The molecular formula is C21H28ClN3O+2. The van der Waals surface area contributed by atoms with E-state index in [1.165, 1.54) is 10.5 Å². The minimum atomic E-state index is -0.0164. The predicted octanol–water partition coefficient (Wildman–Crippen LogP) is 0.675. The highest BCUT2D eigenvalue weighted by Crippen LogP contribution is 2.11. The molecule has 0 bridgehead atoms. The van der Waals surface area contributed by atoms with Gasteiger partial charge in [-0.3, -0.25) is 4.79 Å². The average molecular weight is 374 g/mol. The fourth-order valence-electron chi connectivity index (χ4n) is 3.67. The summed E-state index contributed by atoms with van der Waals surface area (Å²) in [5.74, 6) is 0.187. The first-order valence-electron chi connectivity index (χ1n) is 9.30. The average Bonchev–Trinajstić information content (AvgIpc) is 2.69. The van der Waals surface area contributed by atoms with Gasteiger partial charge in [0.05, 0.1) is 0 Å². The van der Waals surface area contributed by atoms with Gasteiger partial charge in [-0.1, -0.05) is 41.9 Å². The minimum Gasteiger partial charge on any atom is -0.322 e. The number of amides is 1. The Morgan fingerprint density at radius 1 is 1.04 bits per heavy atom. The Morgan fingerprint density at radius 2 is 1.65 bits per heavy atom. The zero-order valence-electron chi connectivity index (χ0n) is 15.5. The van der Waals surface area contributed by atoms with E-state index in [-0.39, 0.29) is 11.9 Å². The maximum absolute atomic E-state index is 12.8. The number of hydrogen-bond donors (Lipinski definition) is 2. The van der Waals surface area contributed by atoms with Crippen molar-refractivity contribution in [3.63, 3.8) is 0 Å². The van der Waals surface area contributed by atoms with Crippen LogP contribution in [0.2, 0.25) is 5.02 Å². The minimum absolute atomic E-state index is 0.0164. The molecular weight excluding hydrogens is 346 g/mol. The van der Waals surface area contributed by atoms with Crippen LogP contribution in [0.1, 0.15) is 12.5 Å². The molecule has 1 aliphatic rings. The molecule has 1 amide bonds. The summed E-state index contributed by atoms with van der Waals surface area (Å²) in [5, 5.41) is 0.785. The number of halogens is 1. The molecule has 26 heavy (non-hydrogen) atoms. The molecule has 1 fully saturated rings. The van der Waals surface area contributed by atoms with Crippen LogP contribution in [0, 0.1) is 0 Å². The van der Waals surface area contributed by atoms with Gasteiger partial charge in [-0.25, -0.2) is 0 Å². The number of para-hydroxylation sites is 1. The maximum Gasteiger partial charge on any atom is 0.284 e. The van der Waals surface area contributed by atoms with Crippen molar-refractivity contribution in [1.82, 2.24) is 0 Å². The number of benzene rings is 2. The normalized spacial score (nSPS) is 21.2.